The summed E-state index contributed by atoms with van der Waals surface area (Å²) in [6, 6.07) is 16.3. The highest BCUT2D eigenvalue weighted by Gasteiger charge is 2.15. The Morgan fingerprint density at radius 2 is 1.71 bits per heavy atom. The Kier molecular flexibility index (Phi) is 8.64. The number of rotatable bonds is 5. The molecule has 0 unspecified atom stereocenters. The summed E-state index contributed by atoms with van der Waals surface area (Å²) >= 11 is 6.07. The molecule has 1 amide bonds. The van der Waals surface area contributed by atoms with Crippen molar-refractivity contribution in [3.8, 4) is 11.8 Å². The van der Waals surface area contributed by atoms with Gasteiger partial charge in [0.25, 0.3) is 0 Å². The van der Waals surface area contributed by atoms with E-state index in [2.05, 4.69) is 60.1 Å². The van der Waals surface area contributed by atoms with Crippen LogP contribution in [0.4, 0.5) is 5.69 Å². The van der Waals surface area contributed by atoms with Crippen molar-refractivity contribution in [3.63, 3.8) is 0 Å². The minimum Gasteiger partial charge on any atom is -0.305 e. The van der Waals surface area contributed by atoms with Gasteiger partial charge in [-0.2, -0.15) is 0 Å². The third-order valence-electron chi connectivity index (χ3n) is 6.74. The van der Waals surface area contributed by atoms with Crippen LogP contribution in [-0.4, -0.2) is 30.9 Å². The van der Waals surface area contributed by atoms with Crippen LogP contribution in [0.2, 0.25) is 0 Å². The molecule has 0 saturated carbocycles. The van der Waals surface area contributed by atoms with Gasteiger partial charge in [0, 0.05) is 35.8 Å². The molecule has 2 aromatic carbocycles. The van der Waals surface area contributed by atoms with Crippen LogP contribution in [-0.2, 0) is 17.8 Å². The topological polar surface area (TPSA) is 23.6 Å². The zero-order chi connectivity index (χ0) is 24.6. The quantitative estimate of drug-likeness (QED) is 0.453. The van der Waals surface area contributed by atoms with Crippen molar-refractivity contribution < 1.29 is 4.79 Å². The molecule has 2 aromatic rings. The molecule has 35 heavy (non-hydrogen) atoms. The van der Waals surface area contributed by atoms with Crippen LogP contribution in [0.1, 0.15) is 42.9 Å². The Hall–Kier alpha value is -3.06. The average molecular weight is 485 g/mol. The number of likely N-dealkylation sites (tertiary alicyclic amines) is 1. The normalized spacial score (nSPS) is 16.5. The molecule has 0 aromatic heterocycles. The predicted octanol–water partition coefficient (Wildman–Crippen LogP) is 6.48. The van der Waals surface area contributed by atoms with E-state index in [4.69, 9.17) is 11.6 Å². The van der Waals surface area contributed by atoms with Crippen molar-refractivity contribution in [3.05, 3.63) is 100 Å². The minimum absolute atomic E-state index is 0.222. The maximum atomic E-state index is 12.7. The first-order valence-corrected chi connectivity index (χ1v) is 12.8. The summed E-state index contributed by atoms with van der Waals surface area (Å²) in [5, 5.41) is 0.750. The molecule has 0 N–H and O–H groups in total. The molecule has 4 heteroatoms. The standard InChI is InChI=1S/C31H33ClN2O/c1-24-18-20-34(21-19-24)23-28-8-6-25(7-9-28)13-17-31(35)33(2)30-15-11-27(12-16-30)22-26-4-3-5-29(32)14-10-26/h3,5-12,14-16,24H,4,18-23H2,1-2H3. The molecule has 1 fully saturated rings. The van der Waals surface area contributed by atoms with Gasteiger partial charge in [0.05, 0.1) is 0 Å². The fourth-order valence-corrected chi connectivity index (χ4v) is 4.53. The number of anilines is 1. The fraction of sp³-hybridized carbons (Fsp3) is 0.323. The molecule has 1 aliphatic heterocycles. The molecule has 0 radical (unpaired) electrons. The van der Waals surface area contributed by atoms with E-state index in [0.717, 1.165) is 41.6 Å². The Morgan fingerprint density at radius 3 is 2.43 bits per heavy atom. The SMILES string of the molecule is CC1CCN(Cc2ccc(C#CC(=O)N(C)c3ccc(CC4=CC=C(Cl)C=CC4)cc3)cc2)CC1. The van der Waals surface area contributed by atoms with Gasteiger partial charge in [0.2, 0.25) is 0 Å². The largest absolute Gasteiger partial charge is 0.305 e. The van der Waals surface area contributed by atoms with Crippen LogP contribution in [0.5, 0.6) is 0 Å². The molecule has 4 rings (SSSR count). The van der Waals surface area contributed by atoms with E-state index in [1.165, 1.54) is 42.6 Å². The molecule has 0 spiro atoms. The van der Waals surface area contributed by atoms with Gasteiger partial charge in [-0.15, -0.1) is 0 Å². The molecule has 3 nitrogen and oxygen atoms in total. The first-order valence-electron chi connectivity index (χ1n) is 12.4. The van der Waals surface area contributed by atoms with Crippen molar-refractivity contribution in [1.29, 1.82) is 0 Å². The van der Waals surface area contributed by atoms with Crippen LogP contribution in [0, 0.1) is 17.8 Å². The molecule has 1 heterocycles. The van der Waals surface area contributed by atoms with Crippen LogP contribution in [0.15, 0.2) is 83.4 Å². The van der Waals surface area contributed by atoms with Gasteiger partial charge in [-0.25, -0.2) is 0 Å². The summed E-state index contributed by atoms with van der Waals surface area (Å²) in [6.07, 6.45) is 12.3. The first-order chi connectivity index (χ1) is 17.0. The van der Waals surface area contributed by atoms with Gasteiger partial charge in [-0.05, 0) is 92.2 Å². The Morgan fingerprint density at radius 1 is 1.03 bits per heavy atom. The number of piperidine rings is 1. The second-order valence-electron chi connectivity index (χ2n) is 9.60. The van der Waals surface area contributed by atoms with Crippen molar-refractivity contribution in [2.45, 2.75) is 39.2 Å². The number of carbonyl (C=O) groups excluding carboxylic acids is 1. The number of carbonyl (C=O) groups is 1. The maximum absolute atomic E-state index is 12.7. The molecular formula is C31H33ClN2O. The summed E-state index contributed by atoms with van der Waals surface area (Å²) in [5.41, 5.74) is 5.49. The second-order valence-corrected chi connectivity index (χ2v) is 10.0. The minimum atomic E-state index is -0.222. The average Bonchev–Trinajstić information content (AvgIpc) is 3.08. The fourth-order valence-electron chi connectivity index (χ4n) is 4.37. The molecule has 1 aliphatic carbocycles. The van der Waals surface area contributed by atoms with Crippen molar-refractivity contribution in [2.24, 2.45) is 5.92 Å². The number of halogens is 1. The molecular weight excluding hydrogens is 452 g/mol. The number of benzene rings is 2. The number of amides is 1. The lowest BCUT2D eigenvalue weighted by Crippen LogP contribution is -2.32. The van der Waals surface area contributed by atoms with Gasteiger partial charge < -0.3 is 4.90 Å². The van der Waals surface area contributed by atoms with Crippen molar-refractivity contribution >= 4 is 23.2 Å². The Balaban J connectivity index is 1.31. The van der Waals surface area contributed by atoms with Crippen LogP contribution in [0.3, 0.4) is 0 Å². The van der Waals surface area contributed by atoms with E-state index in [1.54, 1.807) is 11.9 Å². The highest BCUT2D eigenvalue weighted by atomic mass is 35.5. The van der Waals surface area contributed by atoms with E-state index >= 15 is 0 Å². The molecule has 2 aliphatic rings. The summed E-state index contributed by atoms with van der Waals surface area (Å²) in [4.78, 5) is 16.8. The third kappa shape index (κ3) is 7.46. The zero-order valence-electron chi connectivity index (χ0n) is 20.6. The van der Waals surface area contributed by atoms with Crippen LogP contribution >= 0.6 is 11.6 Å². The highest BCUT2D eigenvalue weighted by molar-refractivity contribution is 6.31. The maximum Gasteiger partial charge on any atom is 0.302 e. The molecule has 0 atom stereocenters. The van der Waals surface area contributed by atoms with Crippen molar-refractivity contribution in [2.75, 3.05) is 25.0 Å². The van der Waals surface area contributed by atoms with Gasteiger partial charge in [-0.1, -0.05) is 66.4 Å². The summed E-state index contributed by atoms with van der Waals surface area (Å²) in [5.74, 6) is 6.43. The van der Waals surface area contributed by atoms with Gasteiger partial charge in [-0.3, -0.25) is 9.69 Å². The zero-order valence-corrected chi connectivity index (χ0v) is 21.4. The number of allylic oxidation sites excluding steroid dienone is 6. The molecule has 0 bridgehead atoms. The first kappa shape index (κ1) is 25.0. The Bertz CT molecular complexity index is 1170. The summed E-state index contributed by atoms with van der Waals surface area (Å²) in [6.45, 7) is 5.66. The lowest BCUT2D eigenvalue weighted by atomic mass is 9.99. The third-order valence-corrected chi connectivity index (χ3v) is 7.00. The van der Waals surface area contributed by atoms with E-state index in [0.29, 0.717) is 0 Å². The molecule has 1 saturated heterocycles. The lowest BCUT2D eigenvalue weighted by Gasteiger charge is -2.30. The van der Waals surface area contributed by atoms with E-state index < -0.39 is 0 Å². The number of hydrogen-bond acceptors (Lipinski definition) is 2. The van der Waals surface area contributed by atoms with Crippen LogP contribution < -0.4 is 4.90 Å². The lowest BCUT2D eigenvalue weighted by molar-refractivity contribution is -0.113. The van der Waals surface area contributed by atoms with Gasteiger partial charge in [0.1, 0.15) is 0 Å². The van der Waals surface area contributed by atoms with Gasteiger partial charge in [0.15, 0.2) is 0 Å². The number of nitrogens with zero attached hydrogens (tertiary/aromatic N) is 2. The van der Waals surface area contributed by atoms with Crippen molar-refractivity contribution in [1.82, 2.24) is 4.90 Å². The van der Waals surface area contributed by atoms with Gasteiger partial charge >= 0.3 is 5.91 Å². The summed E-state index contributed by atoms with van der Waals surface area (Å²) in [7, 11) is 1.76. The smallest absolute Gasteiger partial charge is 0.302 e. The van der Waals surface area contributed by atoms with Crippen LogP contribution in [0.25, 0.3) is 0 Å². The highest BCUT2D eigenvalue weighted by Crippen LogP contribution is 2.21. The van der Waals surface area contributed by atoms with E-state index in [9.17, 15) is 4.79 Å². The van der Waals surface area contributed by atoms with E-state index in [1.807, 2.05) is 36.4 Å². The molecule has 180 valence electrons. The summed E-state index contributed by atoms with van der Waals surface area (Å²) < 4.78 is 0. The predicted molar refractivity (Wildman–Crippen MR) is 146 cm³/mol. The monoisotopic (exact) mass is 484 g/mol. The second kappa shape index (κ2) is 12.1. The van der Waals surface area contributed by atoms with E-state index in [-0.39, 0.29) is 5.91 Å². The Labute approximate surface area is 214 Å². The number of hydrogen-bond donors (Lipinski definition) is 0.